The Bertz CT molecular complexity index is 1090. The summed E-state index contributed by atoms with van der Waals surface area (Å²) in [7, 11) is 0. The van der Waals surface area contributed by atoms with Crippen LogP contribution in [0.3, 0.4) is 0 Å². The summed E-state index contributed by atoms with van der Waals surface area (Å²) in [4.78, 5) is 28.6. The van der Waals surface area contributed by atoms with Gasteiger partial charge in [-0.3, -0.25) is 14.9 Å². The van der Waals surface area contributed by atoms with Crippen LogP contribution in [0.25, 0.3) is 11.3 Å². The van der Waals surface area contributed by atoms with Gasteiger partial charge in [0.15, 0.2) is 10.9 Å². The fourth-order valence-corrected chi connectivity index (χ4v) is 3.26. The summed E-state index contributed by atoms with van der Waals surface area (Å²) in [6.45, 7) is 0. The van der Waals surface area contributed by atoms with Crippen molar-refractivity contribution in [1.29, 1.82) is 0 Å². The molecule has 2 amide bonds. The molecular formula is C21H15N3O3S. The van der Waals surface area contributed by atoms with Crippen LogP contribution in [-0.2, 0) is 0 Å². The van der Waals surface area contributed by atoms with E-state index in [-0.39, 0.29) is 17.6 Å². The molecular weight excluding hydrogens is 374 g/mol. The highest BCUT2D eigenvalue weighted by atomic mass is 32.1. The summed E-state index contributed by atoms with van der Waals surface area (Å²) in [6.07, 6.45) is 1.44. The number of hydrogen-bond acceptors (Lipinski definition) is 5. The van der Waals surface area contributed by atoms with Crippen LogP contribution in [0, 0.1) is 0 Å². The summed E-state index contributed by atoms with van der Waals surface area (Å²) < 4.78 is 5.07. The van der Waals surface area contributed by atoms with Gasteiger partial charge in [0.05, 0.1) is 12.0 Å². The summed E-state index contributed by atoms with van der Waals surface area (Å²) in [5, 5.41) is 7.91. The number of carbonyl (C=O) groups excluding carboxylic acids is 2. The van der Waals surface area contributed by atoms with Crippen LogP contribution >= 0.6 is 11.3 Å². The third-order valence-electron chi connectivity index (χ3n) is 3.94. The monoisotopic (exact) mass is 389 g/mol. The molecule has 0 aliphatic carbocycles. The SMILES string of the molecule is O=C(Nc1ccc(-c2csc(NC(=O)c3ccco3)n2)cc1)c1ccccc1. The fraction of sp³-hybridized carbons (Fsp3) is 0. The van der Waals surface area contributed by atoms with E-state index < -0.39 is 0 Å². The second-order valence-electron chi connectivity index (χ2n) is 5.87. The van der Waals surface area contributed by atoms with Crippen molar-refractivity contribution in [2.75, 3.05) is 10.6 Å². The van der Waals surface area contributed by atoms with Gasteiger partial charge in [0.25, 0.3) is 11.8 Å². The zero-order valence-corrected chi connectivity index (χ0v) is 15.4. The first kappa shape index (κ1) is 17.7. The molecule has 0 saturated carbocycles. The number of rotatable bonds is 5. The highest BCUT2D eigenvalue weighted by Gasteiger charge is 2.12. The lowest BCUT2D eigenvalue weighted by molar-refractivity contribution is 0.0994. The Morgan fingerprint density at radius 1 is 0.857 bits per heavy atom. The number of anilines is 2. The van der Waals surface area contributed by atoms with Gasteiger partial charge in [0.2, 0.25) is 0 Å². The van der Waals surface area contributed by atoms with Crippen LogP contribution < -0.4 is 10.6 Å². The summed E-state index contributed by atoms with van der Waals surface area (Å²) >= 11 is 1.33. The fourth-order valence-electron chi connectivity index (χ4n) is 2.55. The predicted octanol–water partition coefficient (Wildman–Crippen LogP) is 4.91. The second kappa shape index (κ2) is 7.89. The molecule has 0 radical (unpaired) electrons. The normalized spacial score (nSPS) is 10.4. The molecule has 4 rings (SSSR count). The van der Waals surface area contributed by atoms with Gasteiger partial charge in [-0.1, -0.05) is 30.3 Å². The van der Waals surface area contributed by atoms with Gasteiger partial charge in [-0.05, 0) is 36.4 Å². The average Bonchev–Trinajstić information content (AvgIpc) is 3.41. The summed E-state index contributed by atoms with van der Waals surface area (Å²) in [5.41, 5.74) is 2.91. The van der Waals surface area contributed by atoms with E-state index in [1.165, 1.54) is 17.6 Å². The standard InChI is InChI=1S/C21H15N3O3S/c25-19(15-5-2-1-3-6-15)22-16-10-8-14(9-11-16)17-13-28-21(23-17)24-20(26)18-7-4-12-27-18/h1-13H,(H,22,25)(H,23,24,26). The zero-order chi connectivity index (χ0) is 19.3. The molecule has 4 aromatic rings. The number of thiazole rings is 1. The van der Waals surface area contributed by atoms with Gasteiger partial charge in [0, 0.05) is 22.2 Å². The predicted molar refractivity (Wildman–Crippen MR) is 109 cm³/mol. The number of nitrogens with zero attached hydrogens (tertiary/aromatic N) is 1. The first-order chi connectivity index (χ1) is 13.7. The van der Waals surface area contributed by atoms with Gasteiger partial charge in [0.1, 0.15) is 0 Å². The molecule has 28 heavy (non-hydrogen) atoms. The maximum absolute atomic E-state index is 12.2. The third-order valence-corrected chi connectivity index (χ3v) is 4.70. The Labute approximate surface area is 164 Å². The van der Waals surface area contributed by atoms with Gasteiger partial charge >= 0.3 is 0 Å². The van der Waals surface area contributed by atoms with Crippen molar-refractivity contribution >= 4 is 34.0 Å². The molecule has 2 aromatic carbocycles. The molecule has 2 N–H and O–H groups in total. The lowest BCUT2D eigenvalue weighted by Gasteiger charge is -2.06. The van der Waals surface area contributed by atoms with Crippen LogP contribution in [-0.4, -0.2) is 16.8 Å². The van der Waals surface area contributed by atoms with Crippen molar-refractivity contribution in [3.63, 3.8) is 0 Å². The van der Waals surface area contributed by atoms with Crippen molar-refractivity contribution in [3.8, 4) is 11.3 Å². The molecule has 7 heteroatoms. The van der Waals surface area contributed by atoms with Gasteiger partial charge in [-0.15, -0.1) is 11.3 Å². The number of furan rings is 1. The van der Waals surface area contributed by atoms with Crippen LogP contribution in [0.1, 0.15) is 20.9 Å². The molecule has 6 nitrogen and oxygen atoms in total. The first-order valence-electron chi connectivity index (χ1n) is 8.46. The summed E-state index contributed by atoms with van der Waals surface area (Å²) in [5.74, 6) is -0.273. The Kier molecular flexibility index (Phi) is 4.99. The van der Waals surface area contributed by atoms with Crippen LogP contribution in [0.5, 0.6) is 0 Å². The Morgan fingerprint density at radius 2 is 1.64 bits per heavy atom. The molecule has 0 fully saturated rings. The highest BCUT2D eigenvalue weighted by molar-refractivity contribution is 7.14. The largest absolute Gasteiger partial charge is 0.459 e. The maximum atomic E-state index is 12.2. The number of aromatic nitrogens is 1. The van der Waals surface area contributed by atoms with E-state index in [1.807, 2.05) is 47.8 Å². The lowest BCUT2D eigenvalue weighted by Crippen LogP contribution is -2.11. The minimum Gasteiger partial charge on any atom is -0.459 e. The Balaban J connectivity index is 1.42. The van der Waals surface area contributed by atoms with Crippen molar-refractivity contribution < 1.29 is 14.0 Å². The number of benzene rings is 2. The molecule has 2 heterocycles. The quantitative estimate of drug-likeness (QED) is 0.508. The molecule has 0 atom stereocenters. The minimum atomic E-state index is -0.343. The van der Waals surface area contributed by atoms with E-state index in [0.717, 1.165) is 11.3 Å². The summed E-state index contributed by atoms with van der Waals surface area (Å²) in [6, 6.07) is 19.6. The third kappa shape index (κ3) is 3.99. The molecule has 0 saturated heterocycles. The molecule has 138 valence electrons. The molecule has 0 spiro atoms. The minimum absolute atomic E-state index is 0.162. The van der Waals surface area contributed by atoms with Crippen LogP contribution in [0.4, 0.5) is 10.8 Å². The number of hydrogen-bond donors (Lipinski definition) is 2. The van der Waals surface area contributed by atoms with E-state index in [1.54, 1.807) is 24.3 Å². The van der Waals surface area contributed by atoms with Crippen molar-refractivity contribution in [1.82, 2.24) is 4.98 Å². The van der Waals surface area contributed by atoms with Crippen LogP contribution in [0.2, 0.25) is 0 Å². The van der Waals surface area contributed by atoms with E-state index in [4.69, 9.17) is 4.42 Å². The van der Waals surface area contributed by atoms with Crippen LogP contribution in [0.15, 0.2) is 82.8 Å². The Morgan fingerprint density at radius 3 is 2.36 bits per heavy atom. The molecule has 0 bridgehead atoms. The second-order valence-corrected chi connectivity index (χ2v) is 6.72. The van der Waals surface area contributed by atoms with Gasteiger partial charge in [-0.25, -0.2) is 4.98 Å². The van der Waals surface area contributed by atoms with Crippen molar-refractivity contribution in [2.45, 2.75) is 0 Å². The Hall–Kier alpha value is -3.71. The smallest absolute Gasteiger partial charge is 0.293 e. The highest BCUT2D eigenvalue weighted by Crippen LogP contribution is 2.26. The van der Waals surface area contributed by atoms with Crippen molar-refractivity contribution in [3.05, 3.63) is 89.7 Å². The number of amides is 2. The molecule has 2 aromatic heterocycles. The van der Waals surface area contributed by atoms with E-state index in [9.17, 15) is 9.59 Å². The van der Waals surface area contributed by atoms with Gasteiger partial charge < -0.3 is 9.73 Å². The van der Waals surface area contributed by atoms with E-state index >= 15 is 0 Å². The maximum Gasteiger partial charge on any atom is 0.293 e. The first-order valence-corrected chi connectivity index (χ1v) is 9.34. The average molecular weight is 389 g/mol. The molecule has 0 unspecified atom stereocenters. The van der Waals surface area contributed by atoms with E-state index in [0.29, 0.717) is 16.4 Å². The topological polar surface area (TPSA) is 84.2 Å². The lowest BCUT2D eigenvalue weighted by atomic mass is 10.1. The molecule has 0 aliphatic rings. The number of carbonyl (C=O) groups is 2. The van der Waals surface area contributed by atoms with E-state index in [2.05, 4.69) is 15.6 Å². The van der Waals surface area contributed by atoms with Crippen molar-refractivity contribution in [2.24, 2.45) is 0 Å². The van der Waals surface area contributed by atoms with Gasteiger partial charge in [-0.2, -0.15) is 0 Å². The number of nitrogens with one attached hydrogen (secondary N) is 2. The zero-order valence-electron chi connectivity index (χ0n) is 14.6. The molecule has 0 aliphatic heterocycles.